The number of nitrogens with one attached hydrogen (secondary N) is 1. The molecule has 25 heavy (non-hydrogen) atoms. The van der Waals surface area contributed by atoms with E-state index in [2.05, 4.69) is 11.9 Å². The van der Waals surface area contributed by atoms with Crippen molar-refractivity contribution in [1.82, 2.24) is 5.32 Å². The van der Waals surface area contributed by atoms with Crippen molar-refractivity contribution in [2.45, 2.75) is 20.3 Å². The number of hydrogen-bond donors (Lipinski definition) is 1. The van der Waals surface area contributed by atoms with Crippen LogP contribution in [0.3, 0.4) is 0 Å². The summed E-state index contributed by atoms with van der Waals surface area (Å²) in [7, 11) is 1.45. The SMILES string of the molecule is C=CCNC(=O)C(C#N)=Cc1ccc(OC(=O)CC(C)C)c(OC)c1. The van der Waals surface area contributed by atoms with E-state index in [1.54, 1.807) is 18.2 Å². The van der Waals surface area contributed by atoms with Crippen LogP contribution >= 0.6 is 0 Å². The van der Waals surface area contributed by atoms with Gasteiger partial charge in [0, 0.05) is 13.0 Å². The lowest BCUT2D eigenvalue weighted by atomic mass is 10.1. The summed E-state index contributed by atoms with van der Waals surface area (Å²) >= 11 is 0. The second-order valence-electron chi connectivity index (χ2n) is 5.65. The van der Waals surface area contributed by atoms with Crippen molar-refractivity contribution in [3.8, 4) is 17.6 Å². The van der Waals surface area contributed by atoms with Crippen LogP contribution in [0.2, 0.25) is 0 Å². The van der Waals surface area contributed by atoms with Gasteiger partial charge in [-0.2, -0.15) is 5.26 Å². The molecule has 0 heterocycles. The highest BCUT2D eigenvalue weighted by molar-refractivity contribution is 6.01. The van der Waals surface area contributed by atoms with Crippen LogP contribution in [0.5, 0.6) is 11.5 Å². The Bertz CT molecular complexity index is 715. The minimum atomic E-state index is -0.492. The number of benzene rings is 1. The number of hydrogen-bond acceptors (Lipinski definition) is 5. The molecular weight excluding hydrogens is 320 g/mol. The van der Waals surface area contributed by atoms with Crippen molar-refractivity contribution >= 4 is 18.0 Å². The van der Waals surface area contributed by atoms with Crippen LogP contribution in [0.4, 0.5) is 0 Å². The Morgan fingerprint density at radius 2 is 2.08 bits per heavy atom. The Labute approximate surface area is 147 Å². The number of rotatable bonds is 8. The Balaban J connectivity index is 3.01. The molecule has 0 unspecified atom stereocenters. The monoisotopic (exact) mass is 342 g/mol. The average molecular weight is 342 g/mol. The summed E-state index contributed by atoms with van der Waals surface area (Å²) in [4.78, 5) is 23.7. The Hall–Kier alpha value is -3.07. The molecule has 1 N–H and O–H groups in total. The minimum absolute atomic E-state index is 0.0477. The largest absolute Gasteiger partial charge is 0.493 e. The molecule has 1 amide bonds. The first-order valence-corrected chi connectivity index (χ1v) is 7.80. The zero-order valence-electron chi connectivity index (χ0n) is 14.7. The molecule has 132 valence electrons. The van der Waals surface area contributed by atoms with Gasteiger partial charge in [-0.15, -0.1) is 6.58 Å². The topological polar surface area (TPSA) is 88.4 Å². The quantitative estimate of drug-likeness (QED) is 0.258. The van der Waals surface area contributed by atoms with Crippen LogP contribution in [0.1, 0.15) is 25.8 Å². The maximum absolute atomic E-state index is 11.9. The fourth-order valence-corrected chi connectivity index (χ4v) is 1.93. The van der Waals surface area contributed by atoms with Crippen LogP contribution < -0.4 is 14.8 Å². The van der Waals surface area contributed by atoms with Gasteiger partial charge in [0.25, 0.3) is 5.91 Å². The van der Waals surface area contributed by atoms with Crippen molar-refractivity contribution in [1.29, 1.82) is 5.26 Å². The highest BCUT2D eigenvalue weighted by atomic mass is 16.6. The molecule has 0 aliphatic heterocycles. The van der Waals surface area contributed by atoms with Gasteiger partial charge in [-0.3, -0.25) is 9.59 Å². The molecule has 1 aromatic carbocycles. The molecule has 0 aliphatic rings. The van der Waals surface area contributed by atoms with Crippen molar-refractivity contribution in [2.24, 2.45) is 5.92 Å². The molecule has 0 atom stereocenters. The fraction of sp³-hybridized carbons (Fsp3) is 0.316. The highest BCUT2D eigenvalue weighted by Gasteiger charge is 2.13. The number of esters is 1. The molecule has 0 radical (unpaired) electrons. The van der Waals surface area contributed by atoms with E-state index in [1.807, 2.05) is 19.9 Å². The average Bonchev–Trinajstić information content (AvgIpc) is 2.57. The van der Waals surface area contributed by atoms with Crippen LogP contribution in [-0.2, 0) is 9.59 Å². The Kier molecular flexibility index (Phi) is 7.94. The molecule has 0 bridgehead atoms. The molecule has 1 aromatic rings. The number of nitrogens with zero attached hydrogens (tertiary/aromatic N) is 1. The number of nitriles is 1. The third kappa shape index (κ3) is 6.51. The van der Waals surface area contributed by atoms with Crippen molar-refractivity contribution < 1.29 is 19.1 Å². The second-order valence-corrected chi connectivity index (χ2v) is 5.65. The summed E-state index contributed by atoms with van der Waals surface area (Å²) < 4.78 is 10.5. The normalized spacial score (nSPS) is 10.8. The first-order valence-electron chi connectivity index (χ1n) is 7.80. The lowest BCUT2D eigenvalue weighted by Crippen LogP contribution is -2.24. The molecular formula is C19H22N2O4. The van der Waals surface area contributed by atoms with Crippen LogP contribution in [0, 0.1) is 17.2 Å². The summed E-state index contributed by atoms with van der Waals surface area (Å²) in [5, 5.41) is 11.7. The van der Waals surface area contributed by atoms with E-state index in [1.165, 1.54) is 19.3 Å². The molecule has 0 aromatic heterocycles. The lowest BCUT2D eigenvalue weighted by molar-refractivity contribution is -0.135. The van der Waals surface area contributed by atoms with E-state index >= 15 is 0 Å². The minimum Gasteiger partial charge on any atom is -0.493 e. The zero-order valence-corrected chi connectivity index (χ0v) is 14.7. The molecule has 0 aliphatic carbocycles. The van der Waals surface area contributed by atoms with Gasteiger partial charge in [-0.1, -0.05) is 26.0 Å². The molecule has 0 fully saturated rings. The van der Waals surface area contributed by atoms with Gasteiger partial charge in [0.2, 0.25) is 0 Å². The van der Waals surface area contributed by atoms with Gasteiger partial charge in [0.1, 0.15) is 11.6 Å². The zero-order chi connectivity index (χ0) is 18.8. The fourth-order valence-electron chi connectivity index (χ4n) is 1.93. The summed E-state index contributed by atoms with van der Waals surface area (Å²) in [5.41, 5.74) is 0.527. The van der Waals surface area contributed by atoms with Crippen molar-refractivity contribution in [2.75, 3.05) is 13.7 Å². The summed E-state index contributed by atoms with van der Waals surface area (Å²) in [6, 6.07) is 6.65. The van der Waals surface area contributed by atoms with Gasteiger partial charge >= 0.3 is 5.97 Å². The number of carbonyl (C=O) groups is 2. The van der Waals surface area contributed by atoms with Crippen LogP contribution in [0.15, 0.2) is 36.4 Å². The first-order chi connectivity index (χ1) is 11.9. The standard InChI is InChI=1S/C19H22N2O4/c1-5-8-21-19(23)15(12-20)10-14-6-7-16(17(11-14)24-4)25-18(22)9-13(2)3/h5-7,10-11,13H,1,8-9H2,2-4H3,(H,21,23). The van der Waals surface area contributed by atoms with Crippen LogP contribution in [-0.4, -0.2) is 25.5 Å². The van der Waals surface area contributed by atoms with E-state index in [4.69, 9.17) is 14.7 Å². The predicted octanol–water partition coefficient (Wildman–Crippen LogP) is 2.86. The smallest absolute Gasteiger partial charge is 0.311 e. The molecule has 0 saturated carbocycles. The first kappa shape index (κ1) is 20.0. The van der Waals surface area contributed by atoms with E-state index in [9.17, 15) is 9.59 Å². The molecule has 6 heteroatoms. The maximum atomic E-state index is 11.9. The van der Waals surface area contributed by atoms with Crippen LogP contribution in [0.25, 0.3) is 6.08 Å². The van der Waals surface area contributed by atoms with Crippen molar-refractivity contribution in [3.05, 3.63) is 42.0 Å². The molecule has 6 nitrogen and oxygen atoms in total. The van der Waals surface area contributed by atoms with Gasteiger partial charge in [-0.05, 0) is 29.7 Å². The van der Waals surface area contributed by atoms with Gasteiger partial charge in [0.15, 0.2) is 11.5 Å². The Morgan fingerprint density at radius 3 is 2.64 bits per heavy atom. The Morgan fingerprint density at radius 1 is 1.36 bits per heavy atom. The molecule has 0 spiro atoms. The number of carbonyl (C=O) groups excluding carboxylic acids is 2. The number of amides is 1. The lowest BCUT2D eigenvalue weighted by Gasteiger charge is -2.11. The summed E-state index contributed by atoms with van der Waals surface area (Å²) in [5.74, 6) is -0.0190. The number of ether oxygens (including phenoxy) is 2. The summed E-state index contributed by atoms with van der Waals surface area (Å²) in [6.07, 6.45) is 3.25. The van der Waals surface area contributed by atoms with E-state index in [0.29, 0.717) is 23.5 Å². The van der Waals surface area contributed by atoms with Gasteiger partial charge in [0.05, 0.1) is 7.11 Å². The predicted molar refractivity (Wildman–Crippen MR) is 94.9 cm³/mol. The third-order valence-electron chi connectivity index (χ3n) is 3.07. The maximum Gasteiger partial charge on any atom is 0.311 e. The highest BCUT2D eigenvalue weighted by Crippen LogP contribution is 2.29. The van der Waals surface area contributed by atoms with Gasteiger partial charge < -0.3 is 14.8 Å². The van der Waals surface area contributed by atoms with Crippen molar-refractivity contribution in [3.63, 3.8) is 0 Å². The second kappa shape index (κ2) is 9.93. The van der Waals surface area contributed by atoms with E-state index < -0.39 is 5.91 Å². The number of methoxy groups -OCH3 is 1. The third-order valence-corrected chi connectivity index (χ3v) is 3.07. The van der Waals surface area contributed by atoms with Gasteiger partial charge in [-0.25, -0.2) is 0 Å². The summed E-state index contributed by atoms with van der Waals surface area (Å²) in [6.45, 7) is 7.62. The molecule has 1 rings (SSSR count). The van der Waals surface area contributed by atoms with E-state index in [-0.39, 0.29) is 24.0 Å². The van der Waals surface area contributed by atoms with E-state index in [0.717, 1.165) is 0 Å². The molecule has 0 saturated heterocycles.